The second-order valence-corrected chi connectivity index (χ2v) is 7.20. The second-order valence-electron chi connectivity index (χ2n) is 7.20. The molecule has 1 saturated carbocycles. The first-order valence-electron chi connectivity index (χ1n) is 9.38. The number of nitrogens with one attached hydrogen (secondary N) is 2. The van der Waals surface area contributed by atoms with Crippen molar-refractivity contribution in [2.45, 2.75) is 44.1 Å². The molecule has 1 aliphatic carbocycles. The molecule has 6 nitrogen and oxygen atoms in total. The van der Waals surface area contributed by atoms with Crippen molar-refractivity contribution in [1.82, 2.24) is 15.5 Å². The van der Waals surface area contributed by atoms with Gasteiger partial charge in [0.05, 0.1) is 6.54 Å². The number of aliphatic imine (C=N–C) groups is 1. The van der Waals surface area contributed by atoms with Gasteiger partial charge in [0.25, 0.3) is 0 Å². The summed E-state index contributed by atoms with van der Waals surface area (Å²) >= 11 is 0. The number of primary amides is 1. The van der Waals surface area contributed by atoms with Crippen LogP contribution in [0.5, 0.6) is 0 Å². The summed E-state index contributed by atoms with van der Waals surface area (Å²) in [7, 11) is 0. The Morgan fingerprint density at radius 2 is 2.00 bits per heavy atom. The molecule has 0 atom stereocenters. The first kappa shape index (κ1) is 21.7. The van der Waals surface area contributed by atoms with Gasteiger partial charge in [0, 0.05) is 31.1 Å². The summed E-state index contributed by atoms with van der Waals surface area (Å²) < 4.78 is 14.2. The fourth-order valence-electron chi connectivity index (χ4n) is 3.54. The van der Waals surface area contributed by atoms with E-state index in [1.165, 1.54) is 6.07 Å². The first-order valence-corrected chi connectivity index (χ1v) is 9.38. The van der Waals surface area contributed by atoms with Crippen LogP contribution in [0.25, 0.3) is 0 Å². The third-order valence-corrected chi connectivity index (χ3v) is 5.33. The summed E-state index contributed by atoms with van der Waals surface area (Å²) in [5.74, 6) is 0.615. The summed E-state index contributed by atoms with van der Waals surface area (Å²) in [6.07, 6.45) is 3.61. The number of benzene rings is 1. The molecular weight excluding hydrogens is 460 g/mol. The minimum Gasteiger partial charge on any atom is -0.357 e. The van der Waals surface area contributed by atoms with E-state index >= 15 is 0 Å². The number of nitrogens with zero attached hydrogens (tertiary/aromatic N) is 2. The van der Waals surface area contributed by atoms with Crippen LogP contribution < -0.4 is 16.4 Å². The first-order chi connectivity index (χ1) is 12.5. The maximum atomic E-state index is 14.2. The zero-order valence-corrected chi connectivity index (χ0v) is 18.0. The van der Waals surface area contributed by atoms with Crippen molar-refractivity contribution in [2.75, 3.05) is 26.2 Å². The Labute approximate surface area is 177 Å². The standard InChI is InChI=1S/C19H28FN5O.HI/c1-2-22-18(24-14-7-11-25(12-8-14)17(21)26)23-13-19(9-10-19)15-5-3-4-6-16(15)20;/h3-6,14H,2,7-13H2,1H3,(H2,21,26)(H2,22,23,24);1H. The molecule has 1 aliphatic heterocycles. The molecular formula is C19H29FIN5O. The van der Waals surface area contributed by atoms with Gasteiger partial charge in [0.2, 0.25) is 0 Å². The molecule has 1 aromatic carbocycles. The fraction of sp³-hybridized carbons (Fsp3) is 0.579. The molecule has 1 heterocycles. The molecule has 0 aromatic heterocycles. The van der Waals surface area contributed by atoms with Gasteiger partial charge in [-0.3, -0.25) is 4.99 Å². The number of likely N-dealkylation sites (tertiary alicyclic amines) is 1. The van der Waals surface area contributed by atoms with E-state index < -0.39 is 0 Å². The maximum Gasteiger partial charge on any atom is 0.314 e. The molecule has 27 heavy (non-hydrogen) atoms. The van der Waals surface area contributed by atoms with Gasteiger partial charge in [0.1, 0.15) is 5.82 Å². The van der Waals surface area contributed by atoms with E-state index in [1.54, 1.807) is 11.0 Å². The zero-order valence-electron chi connectivity index (χ0n) is 15.7. The molecule has 0 unspecified atom stereocenters. The second kappa shape index (κ2) is 9.57. The van der Waals surface area contributed by atoms with Crippen molar-refractivity contribution in [3.05, 3.63) is 35.6 Å². The number of hydrogen-bond acceptors (Lipinski definition) is 2. The van der Waals surface area contributed by atoms with Crippen LogP contribution in [-0.4, -0.2) is 49.1 Å². The Bertz CT molecular complexity index is 672. The Balaban J connectivity index is 0.00000261. The number of carbonyl (C=O) groups is 1. The van der Waals surface area contributed by atoms with E-state index in [0.717, 1.165) is 43.8 Å². The van der Waals surface area contributed by atoms with Crippen LogP contribution in [0.2, 0.25) is 0 Å². The van der Waals surface area contributed by atoms with Crippen LogP contribution in [0.15, 0.2) is 29.3 Å². The van der Waals surface area contributed by atoms with Gasteiger partial charge in [-0.1, -0.05) is 18.2 Å². The van der Waals surface area contributed by atoms with E-state index in [4.69, 9.17) is 10.7 Å². The van der Waals surface area contributed by atoms with E-state index in [9.17, 15) is 9.18 Å². The van der Waals surface area contributed by atoms with Gasteiger partial charge in [0.15, 0.2) is 5.96 Å². The number of piperidine rings is 1. The predicted octanol–water partition coefficient (Wildman–Crippen LogP) is 2.57. The topological polar surface area (TPSA) is 82.8 Å². The minimum absolute atomic E-state index is 0. The largest absolute Gasteiger partial charge is 0.357 e. The van der Waals surface area contributed by atoms with E-state index in [-0.39, 0.29) is 47.3 Å². The summed E-state index contributed by atoms with van der Waals surface area (Å²) in [5.41, 5.74) is 5.94. The highest BCUT2D eigenvalue weighted by atomic mass is 127. The van der Waals surface area contributed by atoms with Crippen LogP contribution in [0, 0.1) is 5.82 Å². The Hall–Kier alpha value is -1.58. The number of nitrogens with two attached hydrogens (primary N) is 1. The van der Waals surface area contributed by atoms with E-state index in [2.05, 4.69) is 10.6 Å². The molecule has 2 amide bonds. The average molecular weight is 489 g/mol. The highest BCUT2D eigenvalue weighted by molar-refractivity contribution is 14.0. The SMILES string of the molecule is CCNC(=NCC1(c2ccccc2F)CC1)NC1CCN(C(N)=O)CC1.I. The van der Waals surface area contributed by atoms with E-state index in [1.807, 2.05) is 19.1 Å². The molecule has 3 rings (SSSR count). The van der Waals surface area contributed by atoms with Crippen molar-refractivity contribution in [2.24, 2.45) is 10.7 Å². The highest BCUT2D eigenvalue weighted by Gasteiger charge is 2.45. The van der Waals surface area contributed by atoms with Crippen LogP contribution in [0.1, 0.15) is 38.2 Å². The van der Waals surface area contributed by atoms with Crippen molar-refractivity contribution in [3.8, 4) is 0 Å². The Morgan fingerprint density at radius 3 is 2.56 bits per heavy atom. The monoisotopic (exact) mass is 489 g/mol. The molecule has 0 radical (unpaired) electrons. The van der Waals surface area contributed by atoms with Crippen molar-refractivity contribution in [3.63, 3.8) is 0 Å². The number of amides is 2. The van der Waals surface area contributed by atoms with Gasteiger partial charge < -0.3 is 21.3 Å². The molecule has 1 saturated heterocycles. The molecule has 4 N–H and O–H groups in total. The molecule has 2 aliphatic rings. The average Bonchev–Trinajstić information content (AvgIpc) is 3.42. The predicted molar refractivity (Wildman–Crippen MR) is 116 cm³/mol. The molecule has 2 fully saturated rings. The lowest BCUT2D eigenvalue weighted by molar-refractivity contribution is 0.188. The third-order valence-electron chi connectivity index (χ3n) is 5.33. The third kappa shape index (κ3) is 5.46. The summed E-state index contributed by atoms with van der Waals surface area (Å²) in [6.45, 7) is 4.68. The highest BCUT2D eigenvalue weighted by Crippen LogP contribution is 2.49. The lowest BCUT2D eigenvalue weighted by atomic mass is 9.95. The number of carbonyl (C=O) groups excluding carboxylic acids is 1. The van der Waals surface area contributed by atoms with Gasteiger partial charge >= 0.3 is 6.03 Å². The smallest absolute Gasteiger partial charge is 0.314 e. The van der Waals surface area contributed by atoms with Crippen molar-refractivity contribution < 1.29 is 9.18 Å². The number of rotatable bonds is 5. The molecule has 150 valence electrons. The lowest BCUT2D eigenvalue weighted by Gasteiger charge is -2.32. The van der Waals surface area contributed by atoms with Gasteiger partial charge in [-0.15, -0.1) is 24.0 Å². The Morgan fingerprint density at radius 1 is 1.33 bits per heavy atom. The number of urea groups is 1. The van der Waals surface area contributed by atoms with Crippen molar-refractivity contribution in [1.29, 1.82) is 0 Å². The lowest BCUT2D eigenvalue weighted by Crippen LogP contribution is -2.50. The van der Waals surface area contributed by atoms with Crippen molar-refractivity contribution >= 4 is 36.0 Å². The number of guanidine groups is 1. The van der Waals surface area contributed by atoms with Crippen LogP contribution in [-0.2, 0) is 5.41 Å². The summed E-state index contributed by atoms with van der Waals surface area (Å²) in [4.78, 5) is 17.6. The quantitative estimate of drug-likeness (QED) is 0.338. The molecule has 8 heteroatoms. The van der Waals surface area contributed by atoms with Crippen LogP contribution in [0.3, 0.4) is 0 Å². The molecule has 1 aromatic rings. The van der Waals surface area contributed by atoms with Gasteiger partial charge in [-0.25, -0.2) is 9.18 Å². The van der Waals surface area contributed by atoms with E-state index in [0.29, 0.717) is 19.6 Å². The fourth-order valence-corrected chi connectivity index (χ4v) is 3.54. The van der Waals surface area contributed by atoms with Gasteiger partial charge in [-0.2, -0.15) is 0 Å². The maximum absolute atomic E-state index is 14.2. The minimum atomic E-state index is -0.357. The molecule has 0 bridgehead atoms. The summed E-state index contributed by atoms with van der Waals surface area (Å²) in [6, 6.07) is 6.91. The molecule has 0 spiro atoms. The summed E-state index contributed by atoms with van der Waals surface area (Å²) in [5, 5.41) is 6.72. The number of halogens is 2. The van der Waals surface area contributed by atoms with Gasteiger partial charge in [-0.05, 0) is 44.2 Å². The zero-order chi connectivity index (χ0) is 18.6. The van der Waals surface area contributed by atoms with Crippen LogP contribution >= 0.6 is 24.0 Å². The number of hydrogen-bond donors (Lipinski definition) is 3. The Kier molecular flexibility index (Phi) is 7.69. The van der Waals surface area contributed by atoms with Crippen LogP contribution in [0.4, 0.5) is 9.18 Å². The normalized spacial score (nSPS) is 19.2.